The number of nitrogens with one attached hydrogen (secondary N) is 3. The summed E-state index contributed by atoms with van der Waals surface area (Å²) in [5, 5.41) is 6.14. The minimum atomic E-state index is -0.771. The van der Waals surface area contributed by atoms with Gasteiger partial charge in [-0.15, -0.1) is 0 Å². The van der Waals surface area contributed by atoms with Crippen molar-refractivity contribution in [3.8, 4) is 0 Å². The Morgan fingerprint density at radius 3 is 2.58 bits per heavy atom. The summed E-state index contributed by atoms with van der Waals surface area (Å²) in [5.41, 5.74) is 12.5. The molecule has 1 aromatic heterocycles. The lowest BCUT2D eigenvalue weighted by Gasteiger charge is -2.21. The Labute approximate surface area is 139 Å². The lowest BCUT2D eigenvalue weighted by Crippen LogP contribution is -2.53. The monoisotopic (exact) mass is 335 g/mol. The van der Waals surface area contributed by atoms with E-state index in [-0.39, 0.29) is 43.2 Å². The molecule has 0 saturated carbocycles. The molecule has 0 bridgehead atoms. The van der Waals surface area contributed by atoms with Crippen molar-refractivity contribution in [1.82, 2.24) is 15.6 Å². The molecule has 7 nitrogen and oxygen atoms in total. The molecule has 0 aliphatic rings. The molecular formula is C16H22FN5O2. The van der Waals surface area contributed by atoms with Gasteiger partial charge in [0, 0.05) is 43.5 Å². The van der Waals surface area contributed by atoms with Crippen LogP contribution in [0.2, 0.25) is 0 Å². The molecule has 0 fully saturated rings. The van der Waals surface area contributed by atoms with Gasteiger partial charge in [-0.3, -0.25) is 9.59 Å². The van der Waals surface area contributed by atoms with Gasteiger partial charge < -0.3 is 27.1 Å². The highest BCUT2D eigenvalue weighted by atomic mass is 19.1. The minimum Gasteiger partial charge on any atom is -0.361 e. The third kappa shape index (κ3) is 4.30. The van der Waals surface area contributed by atoms with Crippen LogP contribution in [0.5, 0.6) is 0 Å². The fourth-order valence-corrected chi connectivity index (χ4v) is 2.52. The normalized spacial score (nSPS) is 12.4. The number of rotatable bonds is 7. The van der Waals surface area contributed by atoms with E-state index in [0.717, 1.165) is 10.9 Å². The summed E-state index contributed by atoms with van der Waals surface area (Å²) in [5.74, 6) is -1.03. The maximum Gasteiger partial charge on any atom is 0.243 e. The van der Waals surface area contributed by atoms with Crippen molar-refractivity contribution in [2.75, 3.05) is 13.1 Å². The van der Waals surface area contributed by atoms with Crippen LogP contribution in [0.15, 0.2) is 24.4 Å². The van der Waals surface area contributed by atoms with E-state index in [4.69, 9.17) is 11.5 Å². The van der Waals surface area contributed by atoms with Gasteiger partial charge >= 0.3 is 0 Å². The van der Waals surface area contributed by atoms with E-state index in [9.17, 15) is 14.0 Å². The summed E-state index contributed by atoms with van der Waals surface area (Å²) in [7, 11) is 0. The van der Waals surface area contributed by atoms with Gasteiger partial charge in [0.15, 0.2) is 0 Å². The molecule has 130 valence electrons. The quantitative estimate of drug-likeness (QED) is 0.478. The van der Waals surface area contributed by atoms with Crippen molar-refractivity contribution in [2.24, 2.45) is 11.5 Å². The van der Waals surface area contributed by atoms with Crippen molar-refractivity contribution in [2.45, 2.75) is 25.4 Å². The molecule has 0 radical (unpaired) electrons. The molecule has 1 atom stereocenters. The van der Waals surface area contributed by atoms with Crippen LogP contribution in [-0.4, -0.2) is 42.0 Å². The Morgan fingerprint density at radius 1 is 1.25 bits per heavy atom. The van der Waals surface area contributed by atoms with Crippen molar-refractivity contribution in [1.29, 1.82) is 0 Å². The summed E-state index contributed by atoms with van der Waals surface area (Å²) in [6.07, 6.45) is 1.97. The Balaban J connectivity index is 2.21. The SMILES string of the molecule is CC(=O)NC(Cc1c[nH]c2cc(F)ccc12)C(=O)NC(CN)CN. The van der Waals surface area contributed by atoms with Crippen LogP contribution in [0.3, 0.4) is 0 Å². The number of benzene rings is 1. The third-order valence-corrected chi connectivity index (χ3v) is 3.76. The molecule has 2 aromatic rings. The zero-order valence-electron chi connectivity index (χ0n) is 13.4. The Hall–Kier alpha value is -2.45. The van der Waals surface area contributed by atoms with E-state index < -0.39 is 6.04 Å². The number of carbonyl (C=O) groups excluding carboxylic acids is 2. The van der Waals surface area contributed by atoms with E-state index in [1.807, 2.05) is 0 Å². The predicted octanol–water partition coefficient (Wildman–Crippen LogP) is -0.244. The first-order chi connectivity index (χ1) is 11.4. The Morgan fingerprint density at radius 2 is 1.96 bits per heavy atom. The van der Waals surface area contributed by atoms with E-state index in [1.54, 1.807) is 12.3 Å². The smallest absolute Gasteiger partial charge is 0.243 e. The van der Waals surface area contributed by atoms with E-state index in [2.05, 4.69) is 15.6 Å². The van der Waals surface area contributed by atoms with Crippen LogP contribution in [0.1, 0.15) is 12.5 Å². The first-order valence-electron chi connectivity index (χ1n) is 7.67. The molecule has 2 rings (SSSR count). The molecule has 0 aliphatic heterocycles. The molecule has 0 spiro atoms. The maximum absolute atomic E-state index is 13.3. The molecule has 1 unspecified atom stereocenters. The second-order valence-corrected chi connectivity index (χ2v) is 5.64. The summed E-state index contributed by atoms with van der Waals surface area (Å²) in [4.78, 5) is 26.8. The highest BCUT2D eigenvalue weighted by Gasteiger charge is 2.23. The Bertz CT molecular complexity index is 726. The predicted molar refractivity (Wildman–Crippen MR) is 89.6 cm³/mol. The lowest BCUT2D eigenvalue weighted by molar-refractivity contribution is -0.128. The molecule has 8 heteroatoms. The molecule has 0 saturated heterocycles. The van der Waals surface area contributed by atoms with E-state index >= 15 is 0 Å². The van der Waals surface area contributed by atoms with Crippen molar-refractivity contribution in [3.63, 3.8) is 0 Å². The van der Waals surface area contributed by atoms with Gasteiger partial charge in [-0.25, -0.2) is 4.39 Å². The topological polar surface area (TPSA) is 126 Å². The maximum atomic E-state index is 13.3. The zero-order valence-corrected chi connectivity index (χ0v) is 13.4. The van der Waals surface area contributed by atoms with Crippen molar-refractivity contribution >= 4 is 22.7 Å². The fraction of sp³-hybridized carbons (Fsp3) is 0.375. The summed E-state index contributed by atoms with van der Waals surface area (Å²) in [6, 6.07) is 3.25. The van der Waals surface area contributed by atoms with E-state index in [0.29, 0.717) is 5.52 Å². The third-order valence-electron chi connectivity index (χ3n) is 3.76. The van der Waals surface area contributed by atoms with Gasteiger partial charge in [0.1, 0.15) is 11.9 Å². The number of halogens is 1. The first kappa shape index (κ1) is 17.9. The van der Waals surface area contributed by atoms with Gasteiger partial charge in [-0.05, 0) is 23.8 Å². The van der Waals surface area contributed by atoms with Gasteiger partial charge in [0.2, 0.25) is 11.8 Å². The van der Waals surface area contributed by atoms with Crippen LogP contribution < -0.4 is 22.1 Å². The molecule has 7 N–H and O–H groups in total. The number of aromatic nitrogens is 1. The van der Waals surface area contributed by atoms with Crippen LogP contribution in [-0.2, 0) is 16.0 Å². The number of hydrogen-bond donors (Lipinski definition) is 5. The lowest BCUT2D eigenvalue weighted by atomic mass is 10.0. The van der Waals surface area contributed by atoms with Crippen LogP contribution in [0, 0.1) is 5.82 Å². The second-order valence-electron chi connectivity index (χ2n) is 5.64. The minimum absolute atomic E-state index is 0.210. The van der Waals surface area contributed by atoms with Crippen LogP contribution >= 0.6 is 0 Å². The van der Waals surface area contributed by atoms with Gasteiger partial charge in [-0.2, -0.15) is 0 Å². The first-order valence-corrected chi connectivity index (χ1v) is 7.67. The number of fused-ring (bicyclic) bond motifs is 1. The second kappa shape index (κ2) is 7.89. The molecule has 0 aliphatic carbocycles. The summed E-state index contributed by atoms with van der Waals surface area (Å²) < 4.78 is 13.3. The molecule has 24 heavy (non-hydrogen) atoms. The number of aromatic amines is 1. The van der Waals surface area contributed by atoms with Crippen LogP contribution in [0.25, 0.3) is 10.9 Å². The summed E-state index contributed by atoms with van der Waals surface area (Å²) >= 11 is 0. The van der Waals surface area contributed by atoms with Gasteiger partial charge in [0.25, 0.3) is 0 Å². The number of nitrogens with two attached hydrogens (primary N) is 2. The van der Waals surface area contributed by atoms with Gasteiger partial charge in [-0.1, -0.05) is 0 Å². The van der Waals surface area contributed by atoms with Crippen LogP contribution in [0.4, 0.5) is 4.39 Å². The largest absolute Gasteiger partial charge is 0.361 e. The number of hydrogen-bond acceptors (Lipinski definition) is 4. The molecule has 1 heterocycles. The van der Waals surface area contributed by atoms with Gasteiger partial charge in [0.05, 0.1) is 6.04 Å². The number of amides is 2. The number of H-pyrrole nitrogens is 1. The average Bonchev–Trinajstić information content (AvgIpc) is 2.93. The molecule has 1 aromatic carbocycles. The highest BCUT2D eigenvalue weighted by molar-refractivity contribution is 5.89. The fourth-order valence-electron chi connectivity index (χ4n) is 2.52. The average molecular weight is 335 g/mol. The zero-order chi connectivity index (χ0) is 17.7. The standard InChI is InChI=1S/C16H22FN5O2/c1-9(23)21-15(16(24)22-12(6-18)7-19)4-10-8-20-14-5-11(17)2-3-13(10)14/h2-3,5,8,12,15,20H,4,6-7,18-19H2,1H3,(H,21,23)(H,22,24). The summed E-state index contributed by atoms with van der Waals surface area (Å²) in [6.45, 7) is 1.76. The van der Waals surface area contributed by atoms with E-state index in [1.165, 1.54) is 19.1 Å². The van der Waals surface area contributed by atoms with Crippen molar-refractivity contribution in [3.05, 3.63) is 35.8 Å². The highest BCUT2D eigenvalue weighted by Crippen LogP contribution is 2.20. The van der Waals surface area contributed by atoms with Crippen molar-refractivity contribution < 1.29 is 14.0 Å². The number of carbonyl (C=O) groups is 2. The Kier molecular flexibility index (Phi) is 5.88. The molecule has 2 amide bonds. The molecular weight excluding hydrogens is 313 g/mol.